The Balaban J connectivity index is 1.56. The molecule has 1 aromatic heterocycles. The van der Waals surface area contributed by atoms with E-state index in [1.807, 2.05) is 36.4 Å². The predicted octanol–water partition coefficient (Wildman–Crippen LogP) is 3.33. The Morgan fingerprint density at radius 1 is 1.03 bits per heavy atom. The number of hydrogen-bond donors (Lipinski definition) is 2. The minimum Gasteiger partial charge on any atom is -0.507 e. The van der Waals surface area contributed by atoms with Crippen LogP contribution in [-0.4, -0.2) is 32.5 Å². The molecule has 1 amide bonds. The highest BCUT2D eigenvalue weighted by Crippen LogP contribution is 2.21. The van der Waals surface area contributed by atoms with Crippen LogP contribution in [0.15, 0.2) is 93.9 Å². The van der Waals surface area contributed by atoms with Gasteiger partial charge in [0.25, 0.3) is 11.5 Å². The van der Waals surface area contributed by atoms with Crippen LogP contribution in [0.2, 0.25) is 0 Å². The minimum atomic E-state index is -0.362. The number of amides is 1. The fourth-order valence-corrected chi connectivity index (χ4v) is 3.75. The van der Waals surface area contributed by atoms with Crippen LogP contribution in [0.25, 0.3) is 16.6 Å². The zero-order valence-electron chi connectivity index (χ0n) is 16.3. The van der Waals surface area contributed by atoms with Gasteiger partial charge in [-0.25, -0.2) is 10.4 Å². The zero-order valence-corrected chi connectivity index (χ0v) is 17.1. The quantitative estimate of drug-likeness (QED) is 0.212. The number of carbonyl (C=O) groups is 1. The molecule has 0 saturated heterocycles. The summed E-state index contributed by atoms with van der Waals surface area (Å²) in [5.41, 5.74) is 3.96. The molecule has 1 heterocycles. The third-order valence-corrected chi connectivity index (χ3v) is 5.36. The van der Waals surface area contributed by atoms with Gasteiger partial charge in [0.05, 0.1) is 28.6 Å². The largest absolute Gasteiger partial charge is 0.507 e. The number of aromatic nitrogens is 2. The van der Waals surface area contributed by atoms with Crippen molar-refractivity contribution in [2.45, 2.75) is 5.16 Å². The van der Waals surface area contributed by atoms with E-state index in [-0.39, 0.29) is 23.0 Å². The first-order valence-corrected chi connectivity index (χ1v) is 10.4. The van der Waals surface area contributed by atoms with Crippen molar-refractivity contribution in [3.63, 3.8) is 0 Å². The molecule has 0 aliphatic carbocycles. The molecule has 2 N–H and O–H groups in total. The summed E-state index contributed by atoms with van der Waals surface area (Å²) in [4.78, 5) is 30.0. The molecular formula is C23H18N4O3S. The summed E-state index contributed by atoms with van der Waals surface area (Å²) < 4.78 is 1.51. The number of hydrogen-bond acceptors (Lipinski definition) is 6. The molecule has 0 fully saturated rings. The lowest BCUT2D eigenvalue weighted by Crippen LogP contribution is -2.24. The summed E-state index contributed by atoms with van der Waals surface area (Å²) in [6.07, 6.45) is 1.37. The van der Waals surface area contributed by atoms with Gasteiger partial charge in [0, 0.05) is 5.56 Å². The second kappa shape index (κ2) is 9.27. The number of nitrogens with one attached hydrogen (secondary N) is 1. The highest BCUT2D eigenvalue weighted by atomic mass is 32.2. The van der Waals surface area contributed by atoms with E-state index in [9.17, 15) is 14.7 Å². The number of nitrogens with zero attached hydrogens (tertiary/aromatic N) is 3. The minimum absolute atomic E-state index is 0.00965. The Kier molecular flexibility index (Phi) is 6.09. The molecule has 31 heavy (non-hydrogen) atoms. The van der Waals surface area contributed by atoms with E-state index >= 15 is 0 Å². The molecule has 3 aromatic carbocycles. The van der Waals surface area contributed by atoms with Crippen molar-refractivity contribution >= 4 is 34.8 Å². The average Bonchev–Trinajstić information content (AvgIpc) is 2.80. The fourth-order valence-electron chi connectivity index (χ4n) is 2.95. The van der Waals surface area contributed by atoms with Gasteiger partial charge in [0.2, 0.25) is 0 Å². The molecule has 154 valence electrons. The van der Waals surface area contributed by atoms with Crippen molar-refractivity contribution in [1.82, 2.24) is 15.0 Å². The monoisotopic (exact) mass is 430 g/mol. The lowest BCUT2D eigenvalue weighted by atomic mass is 10.2. The molecule has 0 unspecified atom stereocenters. The maximum Gasteiger partial charge on any atom is 0.266 e. The summed E-state index contributed by atoms with van der Waals surface area (Å²) >= 11 is 1.14. The van der Waals surface area contributed by atoms with Crippen molar-refractivity contribution < 1.29 is 9.90 Å². The number of aromatic hydroxyl groups is 1. The maximum atomic E-state index is 13.1. The van der Waals surface area contributed by atoms with E-state index in [2.05, 4.69) is 15.5 Å². The first kappa shape index (κ1) is 20.4. The number of phenols is 1. The zero-order chi connectivity index (χ0) is 21.6. The Hall–Kier alpha value is -3.91. The van der Waals surface area contributed by atoms with Gasteiger partial charge in [0.15, 0.2) is 5.16 Å². The van der Waals surface area contributed by atoms with Crippen LogP contribution in [0.3, 0.4) is 0 Å². The van der Waals surface area contributed by atoms with E-state index < -0.39 is 0 Å². The molecule has 4 rings (SSSR count). The lowest BCUT2D eigenvalue weighted by Gasteiger charge is -2.12. The third kappa shape index (κ3) is 4.65. The van der Waals surface area contributed by atoms with E-state index in [0.29, 0.717) is 27.3 Å². The van der Waals surface area contributed by atoms with Gasteiger partial charge >= 0.3 is 0 Å². The molecule has 8 heteroatoms. The van der Waals surface area contributed by atoms with Crippen molar-refractivity contribution in [2.75, 3.05) is 5.75 Å². The maximum absolute atomic E-state index is 13.1. The normalized spacial score (nSPS) is 11.1. The van der Waals surface area contributed by atoms with Crippen LogP contribution in [-0.2, 0) is 4.79 Å². The molecule has 7 nitrogen and oxygen atoms in total. The number of thioether (sulfide) groups is 1. The van der Waals surface area contributed by atoms with Crippen molar-refractivity contribution in [3.8, 4) is 11.4 Å². The van der Waals surface area contributed by atoms with Crippen LogP contribution in [0.1, 0.15) is 5.56 Å². The summed E-state index contributed by atoms with van der Waals surface area (Å²) in [6.45, 7) is 0. The molecular weight excluding hydrogens is 412 g/mol. The van der Waals surface area contributed by atoms with E-state index in [4.69, 9.17) is 0 Å². The Bertz CT molecular complexity index is 1320. The van der Waals surface area contributed by atoms with E-state index in [0.717, 1.165) is 11.8 Å². The number of phenolic OH excluding ortho intramolecular Hbond substituents is 1. The van der Waals surface area contributed by atoms with Crippen LogP contribution in [0, 0.1) is 0 Å². The number of rotatable bonds is 6. The van der Waals surface area contributed by atoms with Gasteiger partial charge in [-0.3, -0.25) is 14.2 Å². The number of fused-ring (bicyclic) bond motifs is 1. The molecule has 0 aliphatic heterocycles. The molecule has 0 bridgehead atoms. The van der Waals surface area contributed by atoms with Gasteiger partial charge in [-0.2, -0.15) is 5.10 Å². The Morgan fingerprint density at radius 3 is 2.55 bits per heavy atom. The number of benzene rings is 3. The van der Waals surface area contributed by atoms with Crippen LogP contribution < -0.4 is 11.0 Å². The molecule has 0 radical (unpaired) electrons. The summed E-state index contributed by atoms with van der Waals surface area (Å²) in [7, 11) is 0. The van der Waals surface area contributed by atoms with Gasteiger partial charge in [-0.1, -0.05) is 54.2 Å². The van der Waals surface area contributed by atoms with Crippen molar-refractivity contribution in [3.05, 3.63) is 94.8 Å². The second-order valence-corrected chi connectivity index (χ2v) is 7.47. The lowest BCUT2D eigenvalue weighted by molar-refractivity contribution is -0.118. The second-order valence-electron chi connectivity index (χ2n) is 6.53. The van der Waals surface area contributed by atoms with Gasteiger partial charge < -0.3 is 5.11 Å². The Morgan fingerprint density at radius 2 is 1.74 bits per heavy atom. The molecule has 4 aromatic rings. The summed E-state index contributed by atoms with van der Waals surface area (Å²) in [5.74, 6) is -0.281. The number of carbonyl (C=O) groups excluding carboxylic acids is 1. The molecule has 0 spiro atoms. The highest BCUT2D eigenvalue weighted by molar-refractivity contribution is 7.99. The fraction of sp³-hybridized carbons (Fsp3) is 0.0435. The predicted molar refractivity (Wildman–Crippen MR) is 122 cm³/mol. The van der Waals surface area contributed by atoms with Crippen molar-refractivity contribution in [1.29, 1.82) is 0 Å². The van der Waals surface area contributed by atoms with E-state index in [1.54, 1.807) is 36.4 Å². The SMILES string of the molecule is O=C(CSc1nc2ccccc2c(=O)n1-c1ccccc1)N/N=C/c1ccccc1O. The van der Waals surface area contributed by atoms with Gasteiger partial charge in [-0.05, 0) is 36.4 Å². The summed E-state index contributed by atoms with van der Waals surface area (Å²) in [6, 6.07) is 23.0. The first-order valence-electron chi connectivity index (χ1n) is 9.43. The number of hydrazone groups is 1. The van der Waals surface area contributed by atoms with Crippen LogP contribution in [0.5, 0.6) is 5.75 Å². The first-order chi connectivity index (χ1) is 15.1. The third-order valence-electron chi connectivity index (χ3n) is 4.42. The smallest absolute Gasteiger partial charge is 0.266 e. The van der Waals surface area contributed by atoms with E-state index in [1.165, 1.54) is 16.8 Å². The average molecular weight is 430 g/mol. The topological polar surface area (TPSA) is 96.6 Å². The summed E-state index contributed by atoms with van der Waals surface area (Å²) in [5, 5.41) is 14.5. The molecule has 0 atom stereocenters. The molecule has 0 aliphatic rings. The van der Waals surface area contributed by atoms with Crippen molar-refractivity contribution in [2.24, 2.45) is 5.10 Å². The molecule has 0 saturated carbocycles. The van der Waals surface area contributed by atoms with Gasteiger partial charge in [0.1, 0.15) is 5.75 Å². The van der Waals surface area contributed by atoms with Crippen LogP contribution >= 0.6 is 11.8 Å². The standard InChI is InChI=1S/C23H18N4O3S/c28-20-13-7-4-8-16(20)14-24-26-21(29)15-31-23-25-19-12-6-5-11-18(19)22(30)27(23)17-9-2-1-3-10-17/h1-14,28H,15H2,(H,26,29)/b24-14+. The highest BCUT2D eigenvalue weighted by Gasteiger charge is 2.14. The number of para-hydroxylation sites is 3. The van der Waals surface area contributed by atoms with Gasteiger partial charge in [-0.15, -0.1) is 0 Å². The van der Waals surface area contributed by atoms with Crippen LogP contribution in [0.4, 0.5) is 0 Å². The Labute approximate surface area is 182 Å².